The van der Waals surface area contributed by atoms with Crippen molar-refractivity contribution < 1.29 is 23.9 Å². The number of nitrogens with one attached hydrogen (secondary N) is 2. The van der Waals surface area contributed by atoms with E-state index in [4.69, 9.17) is 35.8 Å². The lowest BCUT2D eigenvalue weighted by atomic mass is 9.63. The second-order valence-electron chi connectivity index (χ2n) is 25.6. The average molecular weight is 1150 g/mol. The molecule has 7 heterocycles. The predicted octanol–water partition coefficient (Wildman–Crippen LogP) is 5.59. The second kappa shape index (κ2) is 25.0. The third kappa shape index (κ3) is 12.1. The van der Waals surface area contributed by atoms with Gasteiger partial charge in [-0.1, -0.05) is 55.1 Å². The lowest BCUT2D eigenvalue weighted by Crippen LogP contribution is -2.58. The number of piperazine rings is 2. The number of likely N-dealkylation sites (tertiary alicyclic amines) is 2. The summed E-state index contributed by atoms with van der Waals surface area (Å²) in [7, 11) is 6.17. The van der Waals surface area contributed by atoms with Crippen molar-refractivity contribution in [3.8, 4) is 24.4 Å². The summed E-state index contributed by atoms with van der Waals surface area (Å²) in [4.78, 5) is 79.7. The van der Waals surface area contributed by atoms with Crippen LogP contribution >= 0.6 is 0 Å². The van der Waals surface area contributed by atoms with E-state index in [1.54, 1.807) is 6.08 Å². The Labute approximate surface area is 501 Å². The minimum absolute atomic E-state index is 0.0163. The van der Waals surface area contributed by atoms with Crippen LogP contribution in [0.2, 0.25) is 0 Å². The second-order valence-corrected chi connectivity index (χ2v) is 25.6. The third-order valence-corrected chi connectivity index (χ3v) is 20.3. The van der Waals surface area contributed by atoms with Crippen LogP contribution in [0.5, 0.6) is 12.0 Å². The molecule has 0 saturated carbocycles. The standard InChI is InChI=1S/C67H85N13O5/c1-7-14-49-41-77(31-33-79(49)58(81)8-2)62-55-23-27-67(39-57(55)71-65(73-62)84-43-51-18-13-30-75(51)5)37-47-17-11-19-53(60(47)63(83)74-67)48-35-52(76(6)40-48)44-85-64-70-56-38-66(25-21-45-15-9-10-16-46(45)36-66)26-22-54(56)61(72-64)78-32-34-80(50(42-78)24-29-69-4)59(82)20-12-28-68-3/h1,8-12,15-17,19-20,48-52,68H,2,4,13-14,18,21-44H2,3,5-6H3,(H,74,83)/b20-12+. The van der Waals surface area contributed by atoms with Crippen molar-refractivity contribution in [2.75, 3.05) is 110 Å². The van der Waals surface area contributed by atoms with Gasteiger partial charge in [0.25, 0.3) is 5.91 Å². The summed E-state index contributed by atoms with van der Waals surface area (Å²) in [6.45, 7) is 14.9. The highest BCUT2D eigenvalue weighted by molar-refractivity contribution is 5.99. The van der Waals surface area contributed by atoms with Crippen LogP contribution < -0.4 is 29.9 Å². The number of aryl methyl sites for hydroxylation is 1. The van der Waals surface area contributed by atoms with Crippen LogP contribution in [-0.4, -0.2) is 193 Å². The summed E-state index contributed by atoms with van der Waals surface area (Å²) >= 11 is 0. The molecule has 2 spiro atoms. The van der Waals surface area contributed by atoms with Gasteiger partial charge in [0, 0.05) is 107 Å². The first kappa shape index (κ1) is 58.2. The Bertz CT molecular complexity index is 3270. The topological polar surface area (TPSA) is 177 Å². The number of aromatic nitrogens is 4. The minimum atomic E-state index is -0.540. The van der Waals surface area contributed by atoms with E-state index in [-0.39, 0.29) is 53.2 Å². The van der Waals surface area contributed by atoms with E-state index in [0.29, 0.717) is 110 Å². The first-order valence-electron chi connectivity index (χ1n) is 31.2. The summed E-state index contributed by atoms with van der Waals surface area (Å²) in [6.07, 6.45) is 23.7. The SMILES string of the molecule is C#CCC1CN(c2nc(OCC3CCCN3C)nc3c2CCC2(Cc4cccc(C5CC(COc6nc7c(c(N8CCN(C(=O)/C=C/CNC)C(CCN=C)C8)n6)CCC6(CCc8ccccc8C6)C7)N(C)C5)c4C(=O)N2)C3)CCN1C(=O)C=C. The number of hydrogen-bond donors (Lipinski definition) is 2. The molecule has 2 aromatic carbocycles. The van der Waals surface area contributed by atoms with Gasteiger partial charge in [-0.3, -0.25) is 19.3 Å². The first-order valence-corrected chi connectivity index (χ1v) is 31.2. The van der Waals surface area contributed by atoms with Crippen molar-refractivity contribution in [1.82, 2.24) is 50.2 Å². The van der Waals surface area contributed by atoms with Crippen molar-refractivity contribution in [2.45, 2.75) is 132 Å². The molecule has 5 aliphatic heterocycles. The van der Waals surface area contributed by atoms with Crippen LogP contribution in [-0.2, 0) is 54.5 Å². The maximum absolute atomic E-state index is 14.9. The van der Waals surface area contributed by atoms with Crippen molar-refractivity contribution >= 4 is 36.1 Å². The zero-order chi connectivity index (χ0) is 58.8. The number of fused-ring (bicyclic) bond motifs is 4. The Balaban J connectivity index is 0.772. The number of anilines is 2. The smallest absolute Gasteiger partial charge is 0.318 e. The van der Waals surface area contributed by atoms with Gasteiger partial charge in [0.15, 0.2) is 0 Å². The Morgan fingerprint density at radius 3 is 2.16 bits per heavy atom. The van der Waals surface area contributed by atoms with E-state index in [9.17, 15) is 14.4 Å². The normalized spacial score (nSPS) is 26.6. The van der Waals surface area contributed by atoms with Gasteiger partial charge >= 0.3 is 12.0 Å². The van der Waals surface area contributed by atoms with E-state index in [1.807, 2.05) is 22.9 Å². The molecule has 4 saturated heterocycles. The monoisotopic (exact) mass is 1150 g/mol. The molecule has 4 fully saturated rings. The molecular formula is C67H85N13O5. The molecule has 12 rings (SSSR count). The van der Waals surface area contributed by atoms with E-state index in [1.165, 1.54) is 22.8 Å². The molecule has 448 valence electrons. The van der Waals surface area contributed by atoms with E-state index >= 15 is 0 Å². The molecule has 4 aromatic rings. The molecular weight excluding hydrogens is 1070 g/mol. The van der Waals surface area contributed by atoms with Crippen LogP contribution in [0, 0.1) is 17.8 Å². The third-order valence-electron chi connectivity index (χ3n) is 20.3. The fourth-order valence-electron chi connectivity index (χ4n) is 15.6. The van der Waals surface area contributed by atoms with Gasteiger partial charge in [-0.25, -0.2) is 0 Å². The summed E-state index contributed by atoms with van der Waals surface area (Å²) in [5.74, 6) is 4.52. The number of ether oxygens (including phenoxy) is 2. The van der Waals surface area contributed by atoms with E-state index in [2.05, 4.69) is 111 Å². The average Bonchev–Trinajstić information content (AvgIpc) is 2.01. The largest absolute Gasteiger partial charge is 0.462 e. The minimum Gasteiger partial charge on any atom is -0.462 e. The number of carbonyl (C=O) groups excluding carboxylic acids is 3. The van der Waals surface area contributed by atoms with Crippen molar-refractivity contribution in [3.63, 3.8) is 0 Å². The highest BCUT2D eigenvalue weighted by Gasteiger charge is 2.46. The number of carbonyl (C=O) groups is 3. The quantitative estimate of drug-likeness (QED) is 0.0760. The Hall–Kier alpha value is -7.20. The molecule has 18 heteroatoms. The molecule has 3 amide bonds. The summed E-state index contributed by atoms with van der Waals surface area (Å²) in [5, 5.41) is 6.70. The van der Waals surface area contributed by atoms with Crippen LogP contribution in [0.15, 0.2) is 72.3 Å². The number of terminal acetylenes is 1. The molecule has 3 aliphatic carbocycles. The van der Waals surface area contributed by atoms with Crippen molar-refractivity contribution in [1.29, 1.82) is 0 Å². The number of benzene rings is 2. The van der Waals surface area contributed by atoms with Crippen molar-refractivity contribution in [2.24, 2.45) is 10.4 Å². The Kier molecular flexibility index (Phi) is 17.1. The maximum atomic E-state index is 14.9. The fraction of sp³-hybridized carbons (Fsp3) is 0.552. The molecule has 7 unspecified atom stereocenters. The number of nitrogens with zero attached hydrogens (tertiary/aromatic N) is 11. The Morgan fingerprint density at radius 2 is 1.46 bits per heavy atom. The van der Waals surface area contributed by atoms with Crippen LogP contribution in [0.3, 0.4) is 0 Å². The molecule has 85 heavy (non-hydrogen) atoms. The number of amides is 3. The van der Waals surface area contributed by atoms with Gasteiger partial charge in [0.05, 0.1) is 29.0 Å². The van der Waals surface area contributed by atoms with Crippen LogP contribution in [0.25, 0.3) is 0 Å². The van der Waals surface area contributed by atoms with Crippen molar-refractivity contribution in [3.05, 3.63) is 118 Å². The number of likely N-dealkylation sites (N-methyl/N-ethyl adjacent to an activating group) is 3. The molecule has 0 bridgehead atoms. The highest BCUT2D eigenvalue weighted by atomic mass is 16.5. The molecule has 2 N–H and O–H groups in total. The number of aliphatic imine (C=N–C) groups is 1. The fourth-order valence-corrected chi connectivity index (χ4v) is 15.6. The lowest BCUT2D eigenvalue weighted by Gasteiger charge is -2.45. The maximum Gasteiger partial charge on any atom is 0.318 e. The van der Waals surface area contributed by atoms with E-state index < -0.39 is 5.54 Å². The van der Waals surface area contributed by atoms with Gasteiger partial charge < -0.3 is 49.6 Å². The summed E-state index contributed by atoms with van der Waals surface area (Å²) < 4.78 is 13.3. The molecule has 8 aliphatic rings. The van der Waals surface area contributed by atoms with Gasteiger partial charge in [-0.05, 0) is 158 Å². The van der Waals surface area contributed by atoms with Gasteiger partial charge in [-0.15, -0.1) is 12.3 Å². The van der Waals surface area contributed by atoms with Gasteiger partial charge in [-0.2, -0.15) is 19.9 Å². The first-order chi connectivity index (χ1) is 41.4. The number of hydrogen-bond acceptors (Lipinski definition) is 15. The van der Waals surface area contributed by atoms with Gasteiger partial charge in [0.1, 0.15) is 24.8 Å². The van der Waals surface area contributed by atoms with Crippen LogP contribution in [0.1, 0.15) is 112 Å². The zero-order valence-corrected chi connectivity index (χ0v) is 50.2. The lowest BCUT2D eigenvalue weighted by molar-refractivity contribution is -0.129. The summed E-state index contributed by atoms with van der Waals surface area (Å²) in [5.41, 5.74) is 9.68. The van der Waals surface area contributed by atoms with E-state index in [0.717, 1.165) is 123 Å². The predicted molar refractivity (Wildman–Crippen MR) is 331 cm³/mol. The Morgan fingerprint density at radius 1 is 0.776 bits per heavy atom. The summed E-state index contributed by atoms with van der Waals surface area (Å²) in [6, 6.07) is 16.2. The molecule has 18 nitrogen and oxygen atoms in total. The number of rotatable bonds is 17. The molecule has 7 atom stereocenters. The highest BCUT2D eigenvalue weighted by Crippen LogP contribution is 2.48. The zero-order valence-electron chi connectivity index (χ0n) is 50.2. The van der Waals surface area contributed by atoms with Gasteiger partial charge in [0.2, 0.25) is 11.8 Å². The molecule has 2 aromatic heterocycles. The van der Waals surface area contributed by atoms with Crippen LogP contribution in [0.4, 0.5) is 11.6 Å². The molecule has 0 radical (unpaired) electrons.